The van der Waals surface area contributed by atoms with Crippen LogP contribution in [0.5, 0.6) is 0 Å². The molecule has 1 aliphatic heterocycles. The number of carbonyl (C=O) groups excluding carboxylic acids is 2. The Morgan fingerprint density at radius 3 is 1.74 bits per heavy atom. The maximum atomic E-state index is 15.3. The van der Waals surface area contributed by atoms with Crippen molar-refractivity contribution in [3.8, 4) is 62.3 Å². The van der Waals surface area contributed by atoms with Gasteiger partial charge < -0.3 is 4.57 Å². The van der Waals surface area contributed by atoms with Crippen molar-refractivity contribution in [2.45, 2.75) is 0 Å². The number of imide groups is 1. The van der Waals surface area contributed by atoms with Gasteiger partial charge in [-0.25, -0.2) is 14.6 Å². The minimum atomic E-state index is -0.478. The van der Waals surface area contributed by atoms with Crippen LogP contribution in [0, 0.1) is 35.8 Å². The molecule has 1 aromatic heterocycles. The molecule has 8 aromatic carbocycles. The summed E-state index contributed by atoms with van der Waals surface area (Å²) in [6.07, 6.45) is 0. The van der Waals surface area contributed by atoms with Crippen LogP contribution >= 0.6 is 0 Å². The van der Waals surface area contributed by atoms with Crippen molar-refractivity contribution < 1.29 is 9.59 Å². The Kier molecular flexibility index (Phi) is 8.82. The molecule has 0 atom stereocenters. The number of nitrogens with zero attached hydrogens (tertiary/aromatic N) is 6. The topological polar surface area (TPSA) is 98.6 Å². The predicted octanol–water partition coefficient (Wildman–Crippen LogP) is 13.1. The van der Waals surface area contributed by atoms with Crippen molar-refractivity contribution in [1.29, 1.82) is 10.5 Å². The van der Waals surface area contributed by atoms with E-state index in [1.54, 1.807) is 48.5 Å². The first kappa shape index (κ1) is 37.0. The molecule has 0 saturated heterocycles. The molecule has 0 radical (unpaired) electrons. The van der Waals surface area contributed by atoms with Gasteiger partial charge in [-0.15, -0.1) is 0 Å². The summed E-state index contributed by atoms with van der Waals surface area (Å²) >= 11 is 0. The standard InChI is InChI=1S/C54H28N6O2/c1-57-39-22-26-40(38(28-39)32-56)36-20-24-43-44-25-21-37(41-23-19-33(31-55)27-46(41)58-2)30-50(44)59(49(43)29-36)48-18-10-16-45-52(48)54(62)60(53(45)61)47-17-9-15-42(34-11-5-3-6-12-34)51(47)35-13-7-4-8-14-35/h3-30H. The number of nitriles is 2. The van der Waals surface area contributed by atoms with Gasteiger partial charge >= 0.3 is 0 Å². The van der Waals surface area contributed by atoms with E-state index in [0.29, 0.717) is 56.0 Å². The van der Waals surface area contributed by atoms with Crippen LogP contribution in [0.3, 0.4) is 0 Å². The van der Waals surface area contributed by atoms with E-state index in [4.69, 9.17) is 13.1 Å². The SMILES string of the molecule is [C-]#[N+]c1ccc(-c2ccc3c4ccc(-c5ccc(C#N)cc5[N+]#[C-])cc4n(-c4cccc5c4C(=O)N(c4cccc(-c6ccccc6)c4-c4ccccc4)C5=O)c3c2)c(C#N)c1. The van der Waals surface area contributed by atoms with Crippen LogP contribution in [0.4, 0.5) is 17.1 Å². The summed E-state index contributed by atoms with van der Waals surface area (Å²) in [6.45, 7) is 15.4. The van der Waals surface area contributed by atoms with Crippen LogP contribution < -0.4 is 4.90 Å². The molecule has 1 aliphatic rings. The lowest BCUT2D eigenvalue weighted by Gasteiger charge is -2.22. The molecule has 0 fully saturated rings. The smallest absolute Gasteiger partial charge is 0.268 e. The molecule has 10 rings (SSSR count). The lowest BCUT2D eigenvalue weighted by molar-refractivity contribution is 0.0926. The number of carbonyl (C=O) groups is 2. The molecule has 2 amide bonds. The van der Waals surface area contributed by atoms with Crippen LogP contribution in [0.25, 0.3) is 81.7 Å². The molecule has 2 heterocycles. The van der Waals surface area contributed by atoms with E-state index < -0.39 is 11.8 Å². The van der Waals surface area contributed by atoms with Crippen LogP contribution in [0.2, 0.25) is 0 Å². The summed E-state index contributed by atoms with van der Waals surface area (Å²) in [5, 5.41) is 21.4. The Morgan fingerprint density at radius 1 is 0.468 bits per heavy atom. The van der Waals surface area contributed by atoms with Crippen LogP contribution in [-0.2, 0) is 0 Å². The van der Waals surface area contributed by atoms with E-state index in [2.05, 4.69) is 21.8 Å². The Morgan fingerprint density at radius 2 is 1.10 bits per heavy atom. The largest absolute Gasteiger partial charge is 0.308 e. The van der Waals surface area contributed by atoms with E-state index in [0.717, 1.165) is 44.2 Å². The molecule has 9 aromatic rings. The number of aromatic nitrogens is 1. The zero-order chi connectivity index (χ0) is 42.5. The van der Waals surface area contributed by atoms with E-state index in [1.165, 1.54) is 4.90 Å². The van der Waals surface area contributed by atoms with Gasteiger partial charge in [0, 0.05) is 27.5 Å². The highest BCUT2D eigenvalue weighted by Crippen LogP contribution is 2.45. The van der Waals surface area contributed by atoms with Crippen molar-refractivity contribution in [2.75, 3.05) is 4.90 Å². The first-order valence-corrected chi connectivity index (χ1v) is 19.6. The Hall–Kier alpha value is -9.34. The fraction of sp³-hybridized carbons (Fsp3) is 0. The fourth-order valence-corrected chi connectivity index (χ4v) is 8.66. The Balaban J connectivity index is 1.23. The lowest BCUT2D eigenvalue weighted by atomic mass is 9.92. The van der Waals surface area contributed by atoms with Crippen molar-refractivity contribution in [2.24, 2.45) is 0 Å². The van der Waals surface area contributed by atoms with Crippen molar-refractivity contribution in [3.05, 3.63) is 215 Å². The molecular formula is C54H28N6O2. The molecule has 0 bridgehead atoms. The van der Waals surface area contributed by atoms with Crippen molar-refractivity contribution >= 4 is 50.7 Å². The summed E-state index contributed by atoms with van der Waals surface area (Å²) in [4.78, 5) is 38.6. The minimum absolute atomic E-state index is 0.232. The van der Waals surface area contributed by atoms with Gasteiger partial charge in [0.05, 0.1) is 58.8 Å². The van der Waals surface area contributed by atoms with Crippen molar-refractivity contribution in [1.82, 2.24) is 4.57 Å². The van der Waals surface area contributed by atoms with E-state index >= 15 is 4.79 Å². The number of benzene rings is 8. The third kappa shape index (κ3) is 5.81. The highest BCUT2D eigenvalue weighted by molar-refractivity contribution is 6.37. The van der Waals surface area contributed by atoms with Crippen LogP contribution in [0.1, 0.15) is 31.8 Å². The number of anilines is 1. The summed E-state index contributed by atoms with van der Waals surface area (Å²) < 4.78 is 1.98. The fourth-order valence-electron chi connectivity index (χ4n) is 8.66. The number of hydrogen-bond acceptors (Lipinski definition) is 4. The maximum Gasteiger partial charge on any atom is 0.268 e. The average Bonchev–Trinajstić information content (AvgIpc) is 3.80. The molecule has 0 spiro atoms. The van der Waals surface area contributed by atoms with Gasteiger partial charge in [-0.1, -0.05) is 121 Å². The summed E-state index contributed by atoms with van der Waals surface area (Å²) in [5.74, 6) is -0.927. The summed E-state index contributed by atoms with van der Waals surface area (Å²) in [6, 6.07) is 56.8. The number of hydrogen-bond donors (Lipinski definition) is 0. The van der Waals surface area contributed by atoms with Crippen LogP contribution in [-0.4, -0.2) is 16.4 Å². The molecular weight excluding hydrogens is 765 g/mol. The molecule has 8 heteroatoms. The highest BCUT2D eigenvalue weighted by Gasteiger charge is 2.41. The Bertz CT molecular complexity index is 3430. The maximum absolute atomic E-state index is 15.3. The minimum Gasteiger partial charge on any atom is -0.308 e. The van der Waals surface area contributed by atoms with E-state index in [1.807, 2.05) is 126 Å². The summed E-state index contributed by atoms with van der Waals surface area (Å²) in [7, 11) is 0. The van der Waals surface area contributed by atoms with Crippen molar-refractivity contribution in [3.63, 3.8) is 0 Å². The Labute approximate surface area is 356 Å². The van der Waals surface area contributed by atoms with E-state index in [9.17, 15) is 15.3 Å². The number of rotatable bonds is 6. The highest BCUT2D eigenvalue weighted by atomic mass is 16.2. The molecule has 0 N–H and O–H groups in total. The summed E-state index contributed by atoms with van der Waals surface area (Å²) in [5.41, 5.74) is 10.4. The van der Waals surface area contributed by atoms with Gasteiger partial charge in [0.1, 0.15) is 0 Å². The second-order valence-corrected chi connectivity index (χ2v) is 14.8. The lowest BCUT2D eigenvalue weighted by Crippen LogP contribution is -2.30. The van der Waals surface area contributed by atoms with Gasteiger partial charge in [0.25, 0.3) is 11.8 Å². The van der Waals surface area contributed by atoms with Gasteiger partial charge in [-0.2, -0.15) is 10.5 Å². The number of fused-ring (bicyclic) bond motifs is 4. The monoisotopic (exact) mass is 792 g/mol. The molecule has 286 valence electrons. The first-order valence-electron chi connectivity index (χ1n) is 19.6. The second-order valence-electron chi connectivity index (χ2n) is 14.8. The molecule has 0 aliphatic carbocycles. The van der Waals surface area contributed by atoms with Crippen LogP contribution in [0.15, 0.2) is 170 Å². The molecule has 0 saturated carbocycles. The third-order valence-corrected chi connectivity index (χ3v) is 11.5. The molecule has 62 heavy (non-hydrogen) atoms. The first-order chi connectivity index (χ1) is 30.4. The molecule has 0 unspecified atom stereocenters. The zero-order valence-electron chi connectivity index (χ0n) is 32.7. The quantitative estimate of drug-likeness (QED) is 0.124. The van der Waals surface area contributed by atoms with Gasteiger partial charge in [0.15, 0.2) is 11.4 Å². The van der Waals surface area contributed by atoms with E-state index in [-0.39, 0.29) is 11.1 Å². The normalized spacial score (nSPS) is 11.8. The molecule has 8 nitrogen and oxygen atoms in total. The van der Waals surface area contributed by atoms with Gasteiger partial charge in [0.2, 0.25) is 0 Å². The third-order valence-electron chi connectivity index (χ3n) is 11.5. The predicted molar refractivity (Wildman–Crippen MR) is 242 cm³/mol. The average molecular weight is 793 g/mol. The van der Waals surface area contributed by atoms with Gasteiger partial charge in [-0.3, -0.25) is 9.59 Å². The van der Waals surface area contributed by atoms with Gasteiger partial charge in [-0.05, 0) is 87.5 Å². The number of amides is 2. The zero-order valence-corrected chi connectivity index (χ0v) is 32.7. The second kappa shape index (κ2) is 14.8.